The number of hydrogen-bond acceptors (Lipinski definition) is 3. The number of aryl methyl sites for hydroxylation is 3. The topological polar surface area (TPSA) is 58.6 Å². The number of nitrogens with one attached hydrogen (secondary N) is 1. The second-order valence-corrected chi connectivity index (χ2v) is 8.65. The number of amides is 2. The molecule has 1 atom stereocenters. The summed E-state index contributed by atoms with van der Waals surface area (Å²) < 4.78 is 5.86. The van der Waals surface area contributed by atoms with Gasteiger partial charge in [0.1, 0.15) is 11.8 Å². The molecule has 0 unspecified atom stereocenters. The lowest BCUT2D eigenvalue weighted by molar-refractivity contribution is -0.142. The predicted molar refractivity (Wildman–Crippen MR) is 136 cm³/mol. The molecule has 5 heteroatoms. The maximum absolute atomic E-state index is 13.5. The lowest BCUT2D eigenvalue weighted by Crippen LogP contribution is -2.51. The van der Waals surface area contributed by atoms with Crippen molar-refractivity contribution in [3.05, 3.63) is 101 Å². The number of benzene rings is 3. The summed E-state index contributed by atoms with van der Waals surface area (Å²) >= 11 is 0. The Kier molecular flexibility index (Phi) is 8.86. The van der Waals surface area contributed by atoms with Crippen molar-refractivity contribution in [2.24, 2.45) is 0 Å². The quantitative estimate of drug-likeness (QED) is 0.476. The van der Waals surface area contributed by atoms with Crippen LogP contribution < -0.4 is 10.1 Å². The van der Waals surface area contributed by atoms with Crippen molar-refractivity contribution < 1.29 is 14.3 Å². The Hall–Kier alpha value is -3.60. The molecule has 0 aliphatic heterocycles. The first-order valence-electron chi connectivity index (χ1n) is 11.7. The van der Waals surface area contributed by atoms with Gasteiger partial charge in [-0.3, -0.25) is 9.59 Å². The molecule has 0 bridgehead atoms. The van der Waals surface area contributed by atoms with E-state index in [1.54, 1.807) is 4.90 Å². The Balaban J connectivity index is 1.89. The van der Waals surface area contributed by atoms with Gasteiger partial charge in [-0.15, -0.1) is 0 Å². The molecule has 0 saturated heterocycles. The highest BCUT2D eigenvalue weighted by atomic mass is 16.5. The van der Waals surface area contributed by atoms with Crippen molar-refractivity contribution >= 4 is 11.8 Å². The Bertz CT molecular complexity index is 1110. The summed E-state index contributed by atoms with van der Waals surface area (Å²) in [5.41, 5.74) is 5.34. The van der Waals surface area contributed by atoms with Crippen LogP contribution in [0.5, 0.6) is 5.75 Å². The standard InChI is InChI=1S/C29H34N2O3/c1-5-30-29(33)27(18-24-11-7-6-8-12-24)31(19-25-13-9-10-21(2)16-25)28(32)20-34-26-15-14-22(3)23(4)17-26/h6-17,27H,5,18-20H2,1-4H3,(H,30,33)/t27-/m0/s1. The number of ether oxygens (including phenoxy) is 1. The van der Waals surface area contributed by atoms with Crippen LogP contribution in [-0.2, 0) is 22.6 Å². The summed E-state index contributed by atoms with van der Waals surface area (Å²) in [5, 5.41) is 2.91. The minimum Gasteiger partial charge on any atom is -0.484 e. The van der Waals surface area contributed by atoms with E-state index in [4.69, 9.17) is 4.74 Å². The fraction of sp³-hybridized carbons (Fsp3) is 0.310. The molecule has 0 heterocycles. The van der Waals surface area contributed by atoms with Gasteiger partial charge in [-0.25, -0.2) is 0 Å². The largest absolute Gasteiger partial charge is 0.484 e. The van der Waals surface area contributed by atoms with Crippen LogP contribution in [-0.4, -0.2) is 35.9 Å². The van der Waals surface area contributed by atoms with Crippen molar-refractivity contribution in [3.8, 4) is 5.75 Å². The molecule has 2 amide bonds. The van der Waals surface area contributed by atoms with E-state index in [9.17, 15) is 9.59 Å². The summed E-state index contributed by atoms with van der Waals surface area (Å²) in [4.78, 5) is 28.3. The van der Waals surface area contributed by atoms with E-state index in [0.717, 1.165) is 22.3 Å². The maximum Gasteiger partial charge on any atom is 0.261 e. The van der Waals surface area contributed by atoms with Gasteiger partial charge < -0.3 is 15.0 Å². The summed E-state index contributed by atoms with van der Waals surface area (Å²) in [6.45, 7) is 8.63. The molecule has 0 radical (unpaired) electrons. The van der Waals surface area contributed by atoms with Gasteiger partial charge in [0.05, 0.1) is 0 Å². The Labute approximate surface area is 202 Å². The number of carbonyl (C=O) groups excluding carboxylic acids is 2. The molecule has 5 nitrogen and oxygen atoms in total. The maximum atomic E-state index is 13.5. The normalized spacial score (nSPS) is 11.5. The highest BCUT2D eigenvalue weighted by Crippen LogP contribution is 2.19. The van der Waals surface area contributed by atoms with Crippen LogP contribution in [0.3, 0.4) is 0 Å². The van der Waals surface area contributed by atoms with Crippen LogP contribution in [0.1, 0.15) is 34.7 Å². The molecule has 3 rings (SSSR count). The number of rotatable bonds is 10. The minimum absolute atomic E-state index is 0.140. The predicted octanol–water partition coefficient (Wildman–Crippen LogP) is 4.77. The molecule has 3 aromatic carbocycles. The first-order chi connectivity index (χ1) is 16.4. The monoisotopic (exact) mass is 458 g/mol. The third kappa shape index (κ3) is 6.95. The summed E-state index contributed by atoms with van der Waals surface area (Å²) in [6, 6.07) is 22.9. The zero-order valence-corrected chi connectivity index (χ0v) is 20.5. The number of likely N-dealkylation sites (N-methyl/N-ethyl adjacent to an activating group) is 1. The van der Waals surface area contributed by atoms with E-state index < -0.39 is 6.04 Å². The highest BCUT2D eigenvalue weighted by Gasteiger charge is 2.30. The van der Waals surface area contributed by atoms with E-state index in [-0.39, 0.29) is 18.4 Å². The van der Waals surface area contributed by atoms with E-state index in [0.29, 0.717) is 25.3 Å². The highest BCUT2D eigenvalue weighted by molar-refractivity contribution is 5.88. The van der Waals surface area contributed by atoms with Crippen LogP contribution in [0.2, 0.25) is 0 Å². The summed E-state index contributed by atoms with van der Waals surface area (Å²) in [7, 11) is 0. The van der Waals surface area contributed by atoms with Crippen LogP contribution in [0, 0.1) is 20.8 Å². The lowest BCUT2D eigenvalue weighted by Gasteiger charge is -2.31. The average molecular weight is 459 g/mol. The third-order valence-corrected chi connectivity index (χ3v) is 5.90. The summed E-state index contributed by atoms with van der Waals surface area (Å²) in [5.74, 6) is 0.245. The van der Waals surface area contributed by atoms with Gasteiger partial charge >= 0.3 is 0 Å². The van der Waals surface area contributed by atoms with Gasteiger partial charge in [0.25, 0.3) is 5.91 Å². The summed E-state index contributed by atoms with van der Waals surface area (Å²) in [6.07, 6.45) is 0.424. The zero-order valence-electron chi connectivity index (χ0n) is 20.5. The average Bonchev–Trinajstić information content (AvgIpc) is 2.82. The molecule has 0 aliphatic rings. The fourth-order valence-corrected chi connectivity index (χ4v) is 3.88. The van der Waals surface area contributed by atoms with Crippen LogP contribution in [0.15, 0.2) is 72.8 Å². The number of hydrogen-bond donors (Lipinski definition) is 1. The molecular weight excluding hydrogens is 424 g/mol. The van der Waals surface area contributed by atoms with Gasteiger partial charge in [-0.2, -0.15) is 0 Å². The van der Waals surface area contributed by atoms with E-state index in [1.165, 1.54) is 5.56 Å². The van der Waals surface area contributed by atoms with Crippen molar-refractivity contribution in [2.75, 3.05) is 13.2 Å². The number of carbonyl (C=O) groups is 2. The minimum atomic E-state index is -0.654. The number of nitrogens with zero attached hydrogens (tertiary/aromatic N) is 1. The molecule has 0 saturated carbocycles. The van der Waals surface area contributed by atoms with E-state index in [2.05, 4.69) is 5.32 Å². The molecule has 178 valence electrons. The van der Waals surface area contributed by atoms with Gasteiger partial charge in [-0.05, 0) is 62.1 Å². The van der Waals surface area contributed by atoms with Crippen molar-refractivity contribution in [1.82, 2.24) is 10.2 Å². The fourth-order valence-electron chi connectivity index (χ4n) is 3.88. The Morgan fingerprint density at radius 2 is 1.62 bits per heavy atom. The molecular formula is C29H34N2O3. The first kappa shape index (κ1) is 25.0. The van der Waals surface area contributed by atoms with Gasteiger partial charge in [-0.1, -0.05) is 66.2 Å². The molecule has 1 N–H and O–H groups in total. The lowest BCUT2D eigenvalue weighted by atomic mass is 10.0. The Morgan fingerprint density at radius 1 is 0.882 bits per heavy atom. The van der Waals surface area contributed by atoms with Gasteiger partial charge in [0.15, 0.2) is 6.61 Å². The molecule has 0 aliphatic carbocycles. The molecule has 0 spiro atoms. The van der Waals surface area contributed by atoms with Crippen LogP contribution >= 0.6 is 0 Å². The molecule has 0 aromatic heterocycles. The Morgan fingerprint density at radius 3 is 2.29 bits per heavy atom. The van der Waals surface area contributed by atoms with Crippen molar-refractivity contribution in [1.29, 1.82) is 0 Å². The van der Waals surface area contributed by atoms with Crippen molar-refractivity contribution in [3.63, 3.8) is 0 Å². The van der Waals surface area contributed by atoms with Crippen LogP contribution in [0.4, 0.5) is 0 Å². The zero-order chi connectivity index (χ0) is 24.5. The smallest absolute Gasteiger partial charge is 0.261 e. The second-order valence-electron chi connectivity index (χ2n) is 8.65. The first-order valence-corrected chi connectivity index (χ1v) is 11.7. The molecule has 0 fully saturated rings. The second kappa shape index (κ2) is 12.0. The SMILES string of the molecule is CCNC(=O)[C@H](Cc1ccccc1)N(Cc1cccc(C)c1)C(=O)COc1ccc(C)c(C)c1. The molecule has 34 heavy (non-hydrogen) atoms. The van der Waals surface area contributed by atoms with Gasteiger partial charge in [0, 0.05) is 19.5 Å². The third-order valence-electron chi connectivity index (χ3n) is 5.90. The van der Waals surface area contributed by atoms with E-state index in [1.807, 2.05) is 100 Å². The van der Waals surface area contributed by atoms with E-state index >= 15 is 0 Å². The van der Waals surface area contributed by atoms with Crippen molar-refractivity contribution in [2.45, 2.75) is 46.7 Å². The molecule has 3 aromatic rings. The van der Waals surface area contributed by atoms with Gasteiger partial charge in [0.2, 0.25) is 5.91 Å². The van der Waals surface area contributed by atoms with Crippen LogP contribution in [0.25, 0.3) is 0 Å².